The molecule has 0 aliphatic carbocycles. The van der Waals surface area contributed by atoms with E-state index >= 15 is 0 Å². The summed E-state index contributed by atoms with van der Waals surface area (Å²) in [6.45, 7) is 4.21. The van der Waals surface area contributed by atoms with Crippen molar-refractivity contribution in [3.63, 3.8) is 0 Å². The fourth-order valence-electron chi connectivity index (χ4n) is 5.23. The van der Waals surface area contributed by atoms with Gasteiger partial charge in [0.05, 0.1) is 0 Å². The van der Waals surface area contributed by atoms with E-state index in [0.717, 1.165) is 24.9 Å². The van der Waals surface area contributed by atoms with Gasteiger partial charge in [0.1, 0.15) is 0 Å². The fraction of sp³-hybridized carbons (Fsp3) is 0.250. The quantitative estimate of drug-likeness (QED) is 0.218. The molecular formula is C32H40N2OSi2. The lowest BCUT2D eigenvalue weighted by molar-refractivity contribution is 0.538. The maximum atomic E-state index is 8.04. The normalized spacial score (nSPS) is 15.0. The van der Waals surface area contributed by atoms with Gasteiger partial charge >= 0.3 is 0 Å². The Bertz CT molecular complexity index is 1090. The minimum atomic E-state index is -2.91. The van der Waals surface area contributed by atoms with Crippen molar-refractivity contribution < 1.29 is 4.12 Å². The molecule has 0 saturated heterocycles. The number of rotatable bonds is 12. The molecule has 0 amide bonds. The molecule has 4 aromatic carbocycles. The summed E-state index contributed by atoms with van der Waals surface area (Å²) >= 11 is 0. The Labute approximate surface area is 224 Å². The zero-order chi connectivity index (χ0) is 26.1. The van der Waals surface area contributed by atoms with Crippen molar-refractivity contribution in [2.45, 2.75) is 50.9 Å². The smallest absolute Gasteiger partial charge is 0.278 e. The van der Waals surface area contributed by atoms with Gasteiger partial charge in [-0.2, -0.15) is 0 Å². The van der Waals surface area contributed by atoms with Gasteiger partial charge < -0.3 is 15.6 Å². The van der Waals surface area contributed by atoms with E-state index in [1.54, 1.807) is 0 Å². The Balaban J connectivity index is 2.02. The summed E-state index contributed by atoms with van der Waals surface area (Å²) in [5.41, 5.74) is 12.8. The highest BCUT2D eigenvalue weighted by Gasteiger charge is 2.50. The first kappa shape index (κ1) is 27.2. The van der Waals surface area contributed by atoms with Crippen LogP contribution in [0, 0.1) is 0 Å². The first-order valence-corrected chi connectivity index (χ1v) is 17.6. The van der Waals surface area contributed by atoms with Gasteiger partial charge in [-0.15, -0.1) is 0 Å². The van der Waals surface area contributed by atoms with Gasteiger partial charge in [-0.1, -0.05) is 121 Å². The molecule has 0 radical (unpaired) electrons. The number of hydrogen-bond donors (Lipinski definition) is 2. The van der Waals surface area contributed by atoms with E-state index < -0.39 is 16.6 Å². The Hall–Kier alpha value is -2.81. The molecule has 0 spiro atoms. The molecule has 0 aliphatic heterocycles. The molecule has 4 N–H and O–H groups in total. The summed E-state index contributed by atoms with van der Waals surface area (Å²) in [6.07, 6.45) is 1.84. The van der Waals surface area contributed by atoms with Crippen LogP contribution in [0.4, 0.5) is 0 Å². The van der Waals surface area contributed by atoms with E-state index in [0.29, 0.717) is 0 Å². The average Bonchev–Trinajstić information content (AvgIpc) is 2.95. The molecule has 2 atom stereocenters. The maximum Gasteiger partial charge on any atom is 0.278 e. The summed E-state index contributed by atoms with van der Waals surface area (Å²) in [6, 6.07) is 45.7. The van der Waals surface area contributed by atoms with Crippen LogP contribution < -0.4 is 32.2 Å². The van der Waals surface area contributed by atoms with Crippen molar-refractivity contribution in [1.82, 2.24) is 0 Å². The van der Waals surface area contributed by atoms with Crippen molar-refractivity contribution in [1.29, 1.82) is 0 Å². The second kappa shape index (κ2) is 12.6. The standard InChI is InChI=1S/C32H40N2OSi2/c1-27(33)23-25-36(26-24-28(2)34,29-15-7-3-8-16-29)35-37(30-17-9-4-10-18-30,31-19-11-5-12-20-31)32-21-13-6-14-22-32/h3-22,27-28H,23-26,33-34H2,1-2H3. The Kier molecular flexibility index (Phi) is 9.30. The monoisotopic (exact) mass is 524 g/mol. The summed E-state index contributed by atoms with van der Waals surface area (Å²) in [7, 11) is -5.49. The van der Waals surface area contributed by atoms with Crippen LogP contribution in [0.25, 0.3) is 0 Å². The third kappa shape index (κ3) is 6.37. The molecular weight excluding hydrogens is 485 g/mol. The Morgan fingerprint density at radius 1 is 0.514 bits per heavy atom. The third-order valence-electron chi connectivity index (χ3n) is 7.20. The molecule has 0 heterocycles. The molecule has 4 rings (SSSR count). The van der Waals surface area contributed by atoms with Crippen molar-refractivity contribution in [3.8, 4) is 0 Å². The second-order valence-electron chi connectivity index (χ2n) is 10.3. The molecule has 3 nitrogen and oxygen atoms in total. The molecule has 0 bridgehead atoms. The third-order valence-corrected chi connectivity index (χ3v) is 17.0. The Morgan fingerprint density at radius 2 is 0.811 bits per heavy atom. The van der Waals surface area contributed by atoms with Crippen molar-refractivity contribution in [2.24, 2.45) is 11.5 Å². The first-order chi connectivity index (χ1) is 18.0. The fourth-order valence-corrected chi connectivity index (χ4v) is 16.7. The lowest BCUT2D eigenvalue weighted by atomic mass is 10.3. The molecule has 4 aromatic rings. The topological polar surface area (TPSA) is 61.3 Å². The second-order valence-corrected chi connectivity index (χ2v) is 17.8. The average molecular weight is 525 g/mol. The van der Waals surface area contributed by atoms with Gasteiger partial charge in [-0.05, 0) is 59.5 Å². The van der Waals surface area contributed by atoms with Crippen molar-refractivity contribution in [2.75, 3.05) is 0 Å². The predicted molar refractivity (Wildman–Crippen MR) is 163 cm³/mol. The van der Waals surface area contributed by atoms with E-state index in [1.165, 1.54) is 20.7 Å². The van der Waals surface area contributed by atoms with Gasteiger partial charge in [0.25, 0.3) is 8.32 Å². The van der Waals surface area contributed by atoms with E-state index in [9.17, 15) is 0 Å². The zero-order valence-corrected chi connectivity index (χ0v) is 24.1. The predicted octanol–water partition coefficient (Wildman–Crippen LogP) is 4.00. The zero-order valence-electron chi connectivity index (χ0n) is 22.1. The highest BCUT2D eigenvalue weighted by Crippen LogP contribution is 2.28. The Morgan fingerprint density at radius 3 is 1.11 bits per heavy atom. The van der Waals surface area contributed by atoms with Crippen LogP contribution in [0.1, 0.15) is 26.7 Å². The maximum absolute atomic E-state index is 8.04. The first-order valence-electron chi connectivity index (χ1n) is 13.4. The number of benzene rings is 4. The minimum absolute atomic E-state index is 0.107. The molecule has 5 heteroatoms. The van der Waals surface area contributed by atoms with Gasteiger partial charge in [-0.3, -0.25) is 0 Å². The van der Waals surface area contributed by atoms with E-state index in [4.69, 9.17) is 15.6 Å². The van der Waals surface area contributed by atoms with Gasteiger partial charge in [0, 0.05) is 12.1 Å². The van der Waals surface area contributed by atoms with Crippen LogP contribution in [-0.2, 0) is 4.12 Å². The lowest BCUT2D eigenvalue weighted by Gasteiger charge is -2.44. The summed E-state index contributed by atoms with van der Waals surface area (Å²) in [5, 5.41) is 5.13. The highest BCUT2D eigenvalue weighted by molar-refractivity contribution is 7.12. The van der Waals surface area contributed by atoms with Crippen LogP contribution >= 0.6 is 0 Å². The van der Waals surface area contributed by atoms with Crippen LogP contribution in [0.2, 0.25) is 12.1 Å². The number of nitrogens with two attached hydrogens (primary N) is 2. The van der Waals surface area contributed by atoms with E-state index in [1.807, 2.05) is 0 Å². The van der Waals surface area contributed by atoms with E-state index in [2.05, 4.69) is 135 Å². The van der Waals surface area contributed by atoms with Crippen LogP contribution in [0.5, 0.6) is 0 Å². The number of hydrogen-bond acceptors (Lipinski definition) is 3. The van der Waals surface area contributed by atoms with Crippen LogP contribution in [0.15, 0.2) is 121 Å². The van der Waals surface area contributed by atoms with Crippen molar-refractivity contribution in [3.05, 3.63) is 121 Å². The van der Waals surface area contributed by atoms with E-state index in [-0.39, 0.29) is 12.1 Å². The van der Waals surface area contributed by atoms with Crippen LogP contribution in [0.3, 0.4) is 0 Å². The largest absolute Gasteiger partial charge is 0.442 e. The molecule has 0 aromatic heterocycles. The van der Waals surface area contributed by atoms with Crippen molar-refractivity contribution >= 4 is 37.4 Å². The van der Waals surface area contributed by atoms with Crippen LogP contribution in [-0.4, -0.2) is 28.7 Å². The highest BCUT2D eigenvalue weighted by atomic mass is 28.4. The SMILES string of the molecule is CC(N)CC[Si](CCC(C)N)(O[Si](c1ccccc1)(c1ccccc1)c1ccccc1)c1ccccc1. The summed E-state index contributed by atoms with van der Waals surface area (Å²) < 4.78 is 8.04. The molecule has 0 saturated carbocycles. The summed E-state index contributed by atoms with van der Waals surface area (Å²) in [5.74, 6) is 0. The summed E-state index contributed by atoms with van der Waals surface area (Å²) in [4.78, 5) is 0. The molecule has 0 fully saturated rings. The van der Waals surface area contributed by atoms with Gasteiger partial charge in [0.2, 0.25) is 8.32 Å². The molecule has 2 unspecified atom stereocenters. The molecule has 0 aliphatic rings. The van der Waals surface area contributed by atoms with Gasteiger partial charge in [0.15, 0.2) is 0 Å². The molecule has 192 valence electrons. The lowest BCUT2D eigenvalue weighted by Crippen LogP contribution is -2.75. The minimum Gasteiger partial charge on any atom is -0.442 e. The molecule has 37 heavy (non-hydrogen) atoms. The van der Waals surface area contributed by atoms with Gasteiger partial charge in [-0.25, -0.2) is 0 Å².